The molecule has 6 heteroatoms. The third-order valence-corrected chi connectivity index (χ3v) is 7.31. The second kappa shape index (κ2) is 6.27. The third kappa shape index (κ3) is 2.83. The molecule has 26 heavy (non-hydrogen) atoms. The molecule has 1 aliphatic carbocycles. The van der Waals surface area contributed by atoms with E-state index in [9.17, 15) is 0 Å². The summed E-state index contributed by atoms with van der Waals surface area (Å²) in [5.41, 5.74) is 3.96. The van der Waals surface area contributed by atoms with Crippen molar-refractivity contribution in [2.75, 3.05) is 31.1 Å². The summed E-state index contributed by atoms with van der Waals surface area (Å²) in [7, 11) is 0. The molecular formula is C20H27N5S. The molecule has 4 heterocycles. The summed E-state index contributed by atoms with van der Waals surface area (Å²) in [6.45, 7) is 12.1. The summed E-state index contributed by atoms with van der Waals surface area (Å²) in [5, 5.41) is 1.19. The summed E-state index contributed by atoms with van der Waals surface area (Å²) in [6.07, 6.45) is 3.53. The van der Waals surface area contributed by atoms with Crippen LogP contribution >= 0.6 is 11.3 Å². The minimum atomic E-state index is 0.775. The van der Waals surface area contributed by atoms with Crippen LogP contribution < -0.4 is 4.90 Å². The number of fused-ring (bicyclic) bond motifs is 2. The van der Waals surface area contributed by atoms with Crippen molar-refractivity contribution < 1.29 is 0 Å². The molecule has 0 N–H and O–H groups in total. The van der Waals surface area contributed by atoms with Gasteiger partial charge in [-0.05, 0) is 51.9 Å². The maximum absolute atomic E-state index is 4.85. The lowest BCUT2D eigenvalue weighted by Gasteiger charge is -2.24. The Hall–Kier alpha value is -1.53. The maximum Gasteiger partial charge on any atom is 0.135 e. The van der Waals surface area contributed by atoms with Crippen molar-refractivity contribution in [3.8, 4) is 0 Å². The second-order valence-corrected chi connectivity index (χ2v) is 9.52. The standard InChI is InChI=1S/C20H27N5S/c1-12-19(26-14(3)21-12)11-24-7-15-9-25(10-16(15)8-24)20-17-5-4-6-18(17)22-13(2)23-20/h15-16H,4-11H2,1-3H3. The summed E-state index contributed by atoms with van der Waals surface area (Å²) < 4.78 is 0. The number of hydrogen-bond donors (Lipinski definition) is 0. The van der Waals surface area contributed by atoms with E-state index >= 15 is 0 Å². The monoisotopic (exact) mass is 369 g/mol. The van der Waals surface area contributed by atoms with Crippen molar-refractivity contribution in [3.63, 3.8) is 0 Å². The molecule has 2 aromatic heterocycles. The van der Waals surface area contributed by atoms with Crippen molar-refractivity contribution in [3.05, 3.63) is 32.7 Å². The molecule has 0 amide bonds. The van der Waals surface area contributed by atoms with Crippen LogP contribution in [-0.2, 0) is 19.4 Å². The van der Waals surface area contributed by atoms with Crippen LogP contribution in [0.3, 0.4) is 0 Å². The number of aromatic nitrogens is 3. The van der Waals surface area contributed by atoms with Crippen molar-refractivity contribution in [2.45, 2.75) is 46.6 Å². The minimum absolute atomic E-state index is 0.775. The van der Waals surface area contributed by atoms with E-state index in [4.69, 9.17) is 4.98 Å². The molecule has 0 radical (unpaired) electrons. The van der Waals surface area contributed by atoms with Gasteiger partial charge in [0, 0.05) is 48.9 Å². The van der Waals surface area contributed by atoms with E-state index in [0.717, 1.165) is 50.1 Å². The highest BCUT2D eigenvalue weighted by Crippen LogP contribution is 2.37. The number of rotatable bonds is 3. The van der Waals surface area contributed by atoms with Gasteiger partial charge in [-0.15, -0.1) is 11.3 Å². The highest BCUT2D eigenvalue weighted by molar-refractivity contribution is 7.11. The third-order valence-electron chi connectivity index (χ3n) is 6.25. The first kappa shape index (κ1) is 16.6. The van der Waals surface area contributed by atoms with Gasteiger partial charge in [-0.3, -0.25) is 4.90 Å². The number of aryl methyl sites for hydroxylation is 4. The van der Waals surface area contributed by atoms with Crippen molar-refractivity contribution in [1.82, 2.24) is 19.9 Å². The molecule has 2 unspecified atom stereocenters. The van der Waals surface area contributed by atoms with Crippen LogP contribution in [0.15, 0.2) is 0 Å². The lowest BCUT2D eigenvalue weighted by atomic mass is 10.0. The lowest BCUT2D eigenvalue weighted by molar-refractivity contribution is 0.310. The number of likely N-dealkylation sites (tertiary alicyclic amines) is 1. The lowest BCUT2D eigenvalue weighted by Crippen LogP contribution is -2.30. The first-order chi connectivity index (χ1) is 12.6. The number of thiazole rings is 1. The maximum atomic E-state index is 4.85. The van der Waals surface area contributed by atoms with Crippen LogP contribution in [0.4, 0.5) is 5.82 Å². The van der Waals surface area contributed by atoms with Crippen molar-refractivity contribution >= 4 is 17.2 Å². The molecule has 2 fully saturated rings. The summed E-state index contributed by atoms with van der Waals surface area (Å²) in [4.78, 5) is 20.8. The molecule has 0 aromatic carbocycles. The van der Waals surface area contributed by atoms with E-state index in [0.29, 0.717) is 0 Å². The fourth-order valence-electron chi connectivity index (χ4n) is 5.11. The number of nitrogens with zero attached hydrogens (tertiary/aromatic N) is 5. The van der Waals surface area contributed by atoms with Crippen LogP contribution in [0.2, 0.25) is 0 Å². The average molecular weight is 370 g/mol. The van der Waals surface area contributed by atoms with Gasteiger partial charge >= 0.3 is 0 Å². The zero-order chi connectivity index (χ0) is 17.8. The van der Waals surface area contributed by atoms with Gasteiger partial charge in [0.15, 0.2) is 0 Å². The Morgan fingerprint density at radius 1 is 0.962 bits per heavy atom. The smallest absolute Gasteiger partial charge is 0.135 e. The van der Waals surface area contributed by atoms with Crippen molar-refractivity contribution in [1.29, 1.82) is 0 Å². The van der Waals surface area contributed by atoms with Crippen LogP contribution in [-0.4, -0.2) is 46.0 Å². The topological polar surface area (TPSA) is 45.2 Å². The van der Waals surface area contributed by atoms with Crippen molar-refractivity contribution in [2.24, 2.45) is 11.8 Å². The Bertz CT molecular complexity index is 831. The first-order valence-corrected chi connectivity index (χ1v) is 10.6. The van der Waals surface area contributed by atoms with E-state index in [1.807, 2.05) is 18.3 Å². The number of anilines is 1. The molecule has 3 aliphatic rings. The van der Waals surface area contributed by atoms with Crippen LogP contribution in [0.5, 0.6) is 0 Å². The molecule has 0 saturated carbocycles. The zero-order valence-electron chi connectivity index (χ0n) is 16.0. The quantitative estimate of drug-likeness (QED) is 0.832. The van der Waals surface area contributed by atoms with E-state index < -0.39 is 0 Å². The fraction of sp³-hybridized carbons (Fsp3) is 0.650. The van der Waals surface area contributed by atoms with Crippen LogP contribution in [0.25, 0.3) is 0 Å². The van der Waals surface area contributed by atoms with E-state index in [2.05, 4.69) is 33.6 Å². The highest BCUT2D eigenvalue weighted by Gasteiger charge is 2.41. The summed E-state index contributed by atoms with van der Waals surface area (Å²) in [6, 6.07) is 0. The van der Waals surface area contributed by atoms with Gasteiger partial charge in [-0.1, -0.05) is 0 Å². The predicted octanol–water partition coefficient (Wildman–Crippen LogP) is 2.92. The predicted molar refractivity (Wildman–Crippen MR) is 105 cm³/mol. The molecule has 0 bridgehead atoms. The molecule has 2 aliphatic heterocycles. The zero-order valence-corrected chi connectivity index (χ0v) is 16.8. The fourth-order valence-corrected chi connectivity index (χ4v) is 6.09. The largest absolute Gasteiger partial charge is 0.356 e. The molecular weight excluding hydrogens is 342 g/mol. The van der Waals surface area contributed by atoms with E-state index in [-0.39, 0.29) is 0 Å². The summed E-state index contributed by atoms with van der Waals surface area (Å²) in [5.74, 6) is 3.74. The second-order valence-electron chi connectivity index (χ2n) is 8.23. The number of hydrogen-bond acceptors (Lipinski definition) is 6. The van der Waals surface area contributed by atoms with Gasteiger partial charge < -0.3 is 4.90 Å². The van der Waals surface area contributed by atoms with Crippen LogP contribution in [0, 0.1) is 32.6 Å². The Labute approximate surface area is 159 Å². The van der Waals surface area contributed by atoms with Gasteiger partial charge in [-0.25, -0.2) is 15.0 Å². The van der Waals surface area contributed by atoms with E-state index in [1.165, 1.54) is 52.2 Å². The molecule has 138 valence electrons. The minimum Gasteiger partial charge on any atom is -0.356 e. The molecule has 5 nitrogen and oxygen atoms in total. The molecule has 0 spiro atoms. The Morgan fingerprint density at radius 2 is 1.73 bits per heavy atom. The molecule has 2 atom stereocenters. The van der Waals surface area contributed by atoms with Gasteiger partial charge in [0.25, 0.3) is 0 Å². The Kier molecular flexibility index (Phi) is 4.01. The first-order valence-electron chi connectivity index (χ1n) is 9.83. The van der Waals surface area contributed by atoms with Gasteiger partial charge in [0.05, 0.1) is 10.7 Å². The normalized spacial score (nSPS) is 25.1. The summed E-state index contributed by atoms with van der Waals surface area (Å²) >= 11 is 1.86. The van der Waals surface area contributed by atoms with Gasteiger partial charge in [0.1, 0.15) is 11.6 Å². The van der Waals surface area contributed by atoms with Gasteiger partial charge in [-0.2, -0.15) is 0 Å². The SMILES string of the molecule is Cc1nc2c(c(N3CC4CN(Cc5sc(C)nc5C)CC4C3)n1)CCC2. The van der Waals surface area contributed by atoms with Gasteiger partial charge in [0.2, 0.25) is 0 Å². The average Bonchev–Trinajstić information content (AvgIpc) is 3.31. The van der Waals surface area contributed by atoms with Crippen LogP contribution in [0.1, 0.15) is 39.1 Å². The highest BCUT2D eigenvalue weighted by atomic mass is 32.1. The molecule has 5 rings (SSSR count). The molecule has 2 aromatic rings. The Morgan fingerprint density at radius 3 is 2.42 bits per heavy atom. The van der Waals surface area contributed by atoms with E-state index in [1.54, 1.807) is 0 Å². The molecule has 2 saturated heterocycles. The Balaban J connectivity index is 1.28.